The Balaban J connectivity index is 2.89. The van der Waals surface area contributed by atoms with Gasteiger partial charge in [0.05, 0.1) is 6.61 Å². The van der Waals surface area contributed by atoms with Crippen molar-refractivity contribution in [2.24, 2.45) is 0 Å². The summed E-state index contributed by atoms with van der Waals surface area (Å²) >= 11 is 11.1. The fraction of sp³-hybridized carbons (Fsp3) is 0.333. The van der Waals surface area contributed by atoms with Crippen LogP contribution in [0.2, 0.25) is 10.4 Å². The van der Waals surface area contributed by atoms with Crippen LogP contribution in [0.15, 0.2) is 6.07 Å². The first kappa shape index (κ1) is 8.56. The molecule has 0 aromatic carbocycles. The largest absolute Gasteiger partial charge is 0.478 e. The summed E-state index contributed by atoms with van der Waals surface area (Å²) in [4.78, 5) is 7.43. The van der Waals surface area contributed by atoms with Gasteiger partial charge in [-0.3, -0.25) is 0 Å². The van der Waals surface area contributed by atoms with Gasteiger partial charge in [0.2, 0.25) is 11.2 Å². The van der Waals surface area contributed by atoms with Crippen molar-refractivity contribution in [2.75, 3.05) is 6.61 Å². The zero-order chi connectivity index (χ0) is 8.27. The number of hydrogen-bond donors (Lipinski definition) is 0. The Morgan fingerprint density at radius 2 is 2.18 bits per heavy atom. The standard InChI is InChI=1S/C6H6Cl2N2O/c1-2-11-5-3-4(7)9-6(8)10-5/h3H,2H2,1H3. The average Bonchev–Trinajstić information content (AvgIpc) is 1.85. The molecule has 0 saturated carbocycles. The topological polar surface area (TPSA) is 35.0 Å². The average molecular weight is 193 g/mol. The van der Waals surface area contributed by atoms with E-state index in [0.717, 1.165) is 0 Å². The first-order valence-electron chi connectivity index (χ1n) is 3.05. The molecule has 0 aliphatic rings. The van der Waals surface area contributed by atoms with E-state index >= 15 is 0 Å². The van der Waals surface area contributed by atoms with Crippen molar-refractivity contribution in [3.8, 4) is 5.88 Å². The number of ether oxygens (including phenoxy) is 1. The normalized spacial score (nSPS) is 9.73. The van der Waals surface area contributed by atoms with Gasteiger partial charge in [-0.1, -0.05) is 11.6 Å². The molecule has 0 amide bonds. The van der Waals surface area contributed by atoms with Crippen molar-refractivity contribution < 1.29 is 4.74 Å². The lowest BCUT2D eigenvalue weighted by Crippen LogP contribution is -1.95. The summed E-state index contributed by atoms with van der Waals surface area (Å²) in [6.45, 7) is 2.38. The van der Waals surface area contributed by atoms with Gasteiger partial charge in [-0.25, -0.2) is 4.98 Å². The van der Waals surface area contributed by atoms with E-state index in [0.29, 0.717) is 12.5 Å². The highest BCUT2D eigenvalue weighted by atomic mass is 35.5. The number of hydrogen-bond acceptors (Lipinski definition) is 3. The molecule has 5 heteroatoms. The lowest BCUT2D eigenvalue weighted by Gasteiger charge is -2.00. The first-order valence-corrected chi connectivity index (χ1v) is 3.81. The molecule has 0 N–H and O–H groups in total. The minimum absolute atomic E-state index is 0.0981. The second kappa shape index (κ2) is 3.74. The zero-order valence-corrected chi connectivity index (χ0v) is 7.35. The van der Waals surface area contributed by atoms with Crippen LogP contribution < -0.4 is 4.74 Å². The van der Waals surface area contributed by atoms with Crippen LogP contribution in [-0.4, -0.2) is 16.6 Å². The highest BCUT2D eigenvalue weighted by molar-refractivity contribution is 6.31. The van der Waals surface area contributed by atoms with Crippen LogP contribution in [0.3, 0.4) is 0 Å². The maximum absolute atomic E-state index is 5.57. The van der Waals surface area contributed by atoms with Gasteiger partial charge in [-0.15, -0.1) is 0 Å². The minimum atomic E-state index is 0.0981. The minimum Gasteiger partial charge on any atom is -0.478 e. The van der Waals surface area contributed by atoms with E-state index in [1.165, 1.54) is 6.07 Å². The fourth-order valence-electron chi connectivity index (χ4n) is 0.592. The molecule has 0 atom stereocenters. The van der Waals surface area contributed by atoms with Gasteiger partial charge in [0.15, 0.2) is 0 Å². The van der Waals surface area contributed by atoms with Gasteiger partial charge in [0, 0.05) is 6.07 Å². The maximum Gasteiger partial charge on any atom is 0.227 e. The van der Waals surface area contributed by atoms with Gasteiger partial charge in [0.25, 0.3) is 0 Å². The van der Waals surface area contributed by atoms with Crippen molar-refractivity contribution in [1.29, 1.82) is 0 Å². The molecule has 3 nitrogen and oxygen atoms in total. The Morgan fingerprint density at radius 1 is 1.45 bits per heavy atom. The summed E-state index contributed by atoms with van der Waals surface area (Å²) in [6.07, 6.45) is 0. The number of halogens is 2. The van der Waals surface area contributed by atoms with Crippen molar-refractivity contribution in [3.05, 3.63) is 16.5 Å². The van der Waals surface area contributed by atoms with E-state index in [4.69, 9.17) is 27.9 Å². The molecule has 0 saturated heterocycles. The number of aromatic nitrogens is 2. The molecule has 0 aliphatic carbocycles. The third kappa shape index (κ3) is 2.52. The molecule has 0 unspecified atom stereocenters. The predicted molar refractivity (Wildman–Crippen MR) is 43.2 cm³/mol. The highest BCUT2D eigenvalue weighted by Crippen LogP contribution is 2.15. The van der Waals surface area contributed by atoms with Gasteiger partial charge < -0.3 is 4.74 Å². The Morgan fingerprint density at radius 3 is 2.73 bits per heavy atom. The van der Waals surface area contributed by atoms with E-state index in [9.17, 15) is 0 Å². The summed E-state index contributed by atoms with van der Waals surface area (Å²) in [5, 5.41) is 0.384. The van der Waals surface area contributed by atoms with Gasteiger partial charge in [-0.05, 0) is 18.5 Å². The Hall–Kier alpha value is -0.540. The van der Waals surface area contributed by atoms with Crippen molar-refractivity contribution >= 4 is 23.2 Å². The van der Waals surface area contributed by atoms with Crippen LogP contribution in [-0.2, 0) is 0 Å². The molecule has 1 rings (SSSR count). The molecule has 1 heterocycles. The van der Waals surface area contributed by atoms with Crippen LogP contribution in [0.4, 0.5) is 0 Å². The van der Waals surface area contributed by atoms with Crippen molar-refractivity contribution in [1.82, 2.24) is 9.97 Å². The van der Waals surface area contributed by atoms with Crippen LogP contribution in [0.1, 0.15) is 6.92 Å². The van der Waals surface area contributed by atoms with E-state index in [1.807, 2.05) is 6.92 Å². The monoisotopic (exact) mass is 192 g/mol. The summed E-state index contributed by atoms with van der Waals surface area (Å²) in [5.41, 5.74) is 0. The van der Waals surface area contributed by atoms with Crippen LogP contribution in [0.5, 0.6) is 5.88 Å². The number of nitrogens with zero attached hydrogens (tertiary/aromatic N) is 2. The molecule has 0 fully saturated rings. The lowest BCUT2D eigenvalue weighted by molar-refractivity contribution is 0.326. The maximum atomic E-state index is 5.57. The van der Waals surface area contributed by atoms with E-state index in [1.54, 1.807) is 0 Å². The molecule has 1 aromatic heterocycles. The zero-order valence-electron chi connectivity index (χ0n) is 5.84. The Labute approximate surface area is 74.3 Å². The molecule has 60 valence electrons. The molecular weight excluding hydrogens is 187 g/mol. The van der Waals surface area contributed by atoms with Crippen molar-refractivity contribution in [2.45, 2.75) is 6.92 Å². The van der Waals surface area contributed by atoms with Gasteiger partial charge in [0.1, 0.15) is 5.15 Å². The SMILES string of the molecule is CCOc1cc(Cl)nc(Cl)n1. The molecule has 0 spiro atoms. The quantitative estimate of drug-likeness (QED) is 0.533. The third-order valence-corrected chi connectivity index (χ3v) is 1.30. The Kier molecular flexibility index (Phi) is 2.91. The van der Waals surface area contributed by atoms with Gasteiger partial charge in [-0.2, -0.15) is 4.98 Å². The lowest BCUT2D eigenvalue weighted by atomic mass is 10.6. The van der Waals surface area contributed by atoms with E-state index < -0.39 is 0 Å². The molecule has 0 bridgehead atoms. The second-order valence-electron chi connectivity index (χ2n) is 1.73. The number of rotatable bonds is 2. The van der Waals surface area contributed by atoms with Gasteiger partial charge >= 0.3 is 0 Å². The summed E-state index contributed by atoms with van der Waals surface area (Å²) < 4.78 is 5.05. The summed E-state index contributed by atoms with van der Waals surface area (Å²) in [6, 6.07) is 1.51. The second-order valence-corrected chi connectivity index (χ2v) is 2.46. The smallest absolute Gasteiger partial charge is 0.227 e. The molecule has 11 heavy (non-hydrogen) atoms. The summed E-state index contributed by atoms with van der Waals surface area (Å²) in [5.74, 6) is 0.400. The fourth-order valence-corrected chi connectivity index (χ4v) is 0.983. The van der Waals surface area contributed by atoms with Crippen LogP contribution in [0, 0.1) is 0 Å². The molecule has 0 radical (unpaired) electrons. The first-order chi connectivity index (χ1) is 5.22. The highest BCUT2D eigenvalue weighted by Gasteiger charge is 1.99. The molecular formula is C6H6Cl2N2O. The van der Waals surface area contributed by atoms with E-state index in [-0.39, 0.29) is 10.4 Å². The van der Waals surface area contributed by atoms with Crippen molar-refractivity contribution in [3.63, 3.8) is 0 Å². The van der Waals surface area contributed by atoms with E-state index in [2.05, 4.69) is 9.97 Å². The third-order valence-electron chi connectivity index (χ3n) is 0.936. The Bertz CT molecular complexity index is 234. The van der Waals surface area contributed by atoms with Crippen LogP contribution >= 0.6 is 23.2 Å². The predicted octanol–water partition coefficient (Wildman–Crippen LogP) is 2.18. The summed E-state index contributed by atoms with van der Waals surface area (Å²) in [7, 11) is 0. The van der Waals surface area contributed by atoms with Crippen LogP contribution in [0.25, 0.3) is 0 Å². The molecule has 1 aromatic rings. The molecule has 0 aliphatic heterocycles.